The van der Waals surface area contributed by atoms with Gasteiger partial charge in [0.15, 0.2) is 0 Å². The molecule has 0 aliphatic rings. The highest BCUT2D eigenvalue weighted by Crippen LogP contribution is 2.35. The summed E-state index contributed by atoms with van der Waals surface area (Å²) in [5.41, 5.74) is -1.22. The number of methoxy groups -OCH3 is 1. The maximum atomic E-state index is 11.9. The summed E-state index contributed by atoms with van der Waals surface area (Å²) < 4.78 is 14.8. The first-order valence-corrected chi connectivity index (χ1v) is 11.2. The van der Waals surface area contributed by atoms with E-state index in [-0.39, 0.29) is 10.5 Å². The summed E-state index contributed by atoms with van der Waals surface area (Å²) in [5.74, 6) is -0.268. The summed E-state index contributed by atoms with van der Waals surface area (Å²) >= 11 is 0. The predicted molar refractivity (Wildman–Crippen MR) is 114 cm³/mol. The number of ether oxygens (including phenoxy) is 3. The van der Waals surface area contributed by atoms with Gasteiger partial charge in [-0.25, -0.2) is 14.4 Å². The summed E-state index contributed by atoms with van der Waals surface area (Å²) in [5, 5.41) is 5.26. The molecule has 8 nitrogen and oxygen atoms in total. The molecule has 0 rings (SSSR count). The SMILES string of the molecule is COC(=O)[C@H](CSSC(C)(C)CNC(=O)OC(C)(C)C)NC(=O)OC(C)(C)C. The molecule has 0 aliphatic heterocycles. The second kappa shape index (κ2) is 11.0. The van der Waals surface area contributed by atoms with Crippen LogP contribution in [-0.2, 0) is 19.0 Å². The third kappa shape index (κ3) is 13.8. The normalized spacial score (nSPS) is 13.3. The highest BCUT2D eigenvalue weighted by molar-refractivity contribution is 8.77. The number of rotatable bonds is 8. The predicted octanol–water partition coefficient (Wildman–Crippen LogP) is 3.74. The first kappa shape index (κ1) is 26.7. The number of carbonyl (C=O) groups excluding carboxylic acids is 3. The lowest BCUT2D eigenvalue weighted by Crippen LogP contribution is -2.45. The molecule has 164 valence electrons. The quantitative estimate of drug-likeness (QED) is 0.336. The van der Waals surface area contributed by atoms with E-state index in [0.717, 1.165) is 0 Å². The van der Waals surface area contributed by atoms with Gasteiger partial charge in [0.25, 0.3) is 0 Å². The molecule has 2 N–H and O–H groups in total. The van der Waals surface area contributed by atoms with Crippen LogP contribution in [0.2, 0.25) is 0 Å². The van der Waals surface area contributed by atoms with E-state index >= 15 is 0 Å². The Kier molecular flexibility index (Phi) is 10.5. The molecule has 0 heterocycles. The Morgan fingerprint density at radius 2 is 1.39 bits per heavy atom. The summed E-state index contributed by atoms with van der Waals surface area (Å²) in [7, 11) is 4.13. The van der Waals surface area contributed by atoms with Crippen LogP contribution in [0.4, 0.5) is 9.59 Å². The molecule has 0 aromatic carbocycles. The second-order valence-electron chi connectivity index (χ2n) is 8.70. The average molecular weight is 439 g/mol. The van der Waals surface area contributed by atoms with Crippen LogP contribution in [0.25, 0.3) is 0 Å². The minimum Gasteiger partial charge on any atom is -0.467 e. The molecule has 28 heavy (non-hydrogen) atoms. The molecule has 0 unspecified atom stereocenters. The van der Waals surface area contributed by atoms with Crippen molar-refractivity contribution in [2.45, 2.75) is 77.4 Å². The number of carbonyl (C=O) groups is 3. The molecule has 2 amide bonds. The molecule has 0 saturated carbocycles. The lowest BCUT2D eigenvalue weighted by molar-refractivity contribution is -0.142. The van der Waals surface area contributed by atoms with Gasteiger partial charge in [-0.3, -0.25) is 0 Å². The lowest BCUT2D eigenvalue weighted by atomic mass is 10.2. The fraction of sp³-hybridized carbons (Fsp3) is 0.833. The third-order valence-electron chi connectivity index (χ3n) is 2.75. The fourth-order valence-electron chi connectivity index (χ4n) is 1.65. The van der Waals surface area contributed by atoms with Gasteiger partial charge in [-0.15, -0.1) is 0 Å². The largest absolute Gasteiger partial charge is 0.467 e. The minimum absolute atomic E-state index is 0.284. The van der Waals surface area contributed by atoms with Crippen molar-refractivity contribution >= 4 is 39.7 Å². The zero-order valence-corrected chi connectivity index (χ0v) is 19.9. The summed E-state index contributed by atoms with van der Waals surface area (Å²) in [4.78, 5) is 35.6. The highest BCUT2D eigenvalue weighted by atomic mass is 33.1. The van der Waals surface area contributed by atoms with Gasteiger partial charge in [0.05, 0.1) is 7.11 Å². The van der Waals surface area contributed by atoms with Gasteiger partial charge >= 0.3 is 18.2 Å². The third-order valence-corrected chi connectivity index (χ3v) is 6.05. The maximum Gasteiger partial charge on any atom is 0.408 e. The van der Waals surface area contributed by atoms with Gasteiger partial charge in [0, 0.05) is 17.0 Å². The van der Waals surface area contributed by atoms with Crippen LogP contribution in [0.15, 0.2) is 0 Å². The lowest BCUT2D eigenvalue weighted by Gasteiger charge is -2.26. The Labute approximate surface area is 176 Å². The van der Waals surface area contributed by atoms with Crippen molar-refractivity contribution in [3.05, 3.63) is 0 Å². The second-order valence-corrected chi connectivity index (χ2v) is 11.8. The first-order valence-electron chi connectivity index (χ1n) is 8.89. The monoisotopic (exact) mass is 438 g/mol. The van der Waals surface area contributed by atoms with E-state index < -0.39 is 35.4 Å². The van der Waals surface area contributed by atoms with Crippen molar-refractivity contribution in [1.29, 1.82) is 0 Å². The van der Waals surface area contributed by atoms with Crippen molar-refractivity contribution in [2.75, 3.05) is 19.4 Å². The maximum absolute atomic E-state index is 11.9. The van der Waals surface area contributed by atoms with Crippen LogP contribution < -0.4 is 10.6 Å². The van der Waals surface area contributed by atoms with Gasteiger partial charge in [-0.1, -0.05) is 21.6 Å². The number of nitrogens with one attached hydrogen (secondary N) is 2. The minimum atomic E-state index is -0.841. The van der Waals surface area contributed by atoms with E-state index in [1.807, 2.05) is 13.8 Å². The van der Waals surface area contributed by atoms with Crippen molar-refractivity contribution in [2.24, 2.45) is 0 Å². The standard InChI is InChI=1S/C18H34N2O6S2/c1-16(2,3)25-14(22)19-11-18(7,8)28-27-10-12(13(21)24-9)20-15(23)26-17(4,5)6/h12H,10-11H2,1-9H3,(H,19,22)(H,20,23)/t12-/m0/s1. The highest BCUT2D eigenvalue weighted by Gasteiger charge is 2.27. The molecule has 0 aromatic rings. The Morgan fingerprint density at radius 1 is 0.893 bits per heavy atom. The Bertz CT molecular complexity index is 541. The Hall–Kier alpha value is -1.29. The molecule has 0 spiro atoms. The Balaban J connectivity index is 4.55. The molecule has 0 radical (unpaired) electrons. The summed E-state index contributed by atoms with van der Waals surface area (Å²) in [6.07, 6.45) is -1.16. The number of hydrogen-bond acceptors (Lipinski definition) is 8. The van der Waals surface area contributed by atoms with Gasteiger partial charge in [-0.05, 0) is 55.4 Å². The zero-order chi connectivity index (χ0) is 22.2. The molecule has 0 aliphatic carbocycles. The molecule has 0 fully saturated rings. The van der Waals surface area contributed by atoms with E-state index in [9.17, 15) is 14.4 Å². The van der Waals surface area contributed by atoms with Crippen LogP contribution in [0, 0.1) is 0 Å². The number of amides is 2. The molecule has 0 bridgehead atoms. The smallest absolute Gasteiger partial charge is 0.408 e. The van der Waals surface area contributed by atoms with Gasteiger partial charge in [-0.2, -0.15) is 0 Å². The van der Waals surface area contributed by atoms with E-state index in [2.05, 4.69) is 10.6 Å². The number of esters is 1. The van der Waals surface area contributed by atoms with Crippen molar-refractivity contribution in [3.8, 4) is 0 Å². The number of alkyl carbamates (subject to hydrolysis) is 2. The van der Waals surface area contributed by atoms with Crippen LogP contribution in [0.1, 0.15) is 55.4 Å². The van der Waals surface area contributed by atoms with Crippen molar-refractivity contribution < 1.29 is 28.6 Å². The van der Waals surface area contributed by atoms with Crippen LogP contribution >= 0.6 is 21.6 Å². The van der Waals surface area contributed by atoms with E-state index in [1.165, 1.54) is 28.7 Å². The molecule has 0 aromatic heterocycles. The van der Waals surface area contributed by atoms with Crippen molar-refractivity contribution in [3.63, 3.8) is 0 Å². The van der Waals surface area contributed by atoms with Crippen LogP contribution in [0.3, 0.4) is 0 Å². The first-order chi connectivity index (χ1) is 12.5. The zero-order valence-electron chi connectivity index (χ0n) is 18.3. The molecular weight excluding hydrogens is 404 g/mol. The summed E-state index contributed by atoms with van der Waals surface area (Å²) in [6.45, 7) is 14.9. The molecular formula is C18H34N2O6S2. The summed E-state index contributed by atoms with van der Waals surface area (Å²) in [6, 6.07) is -0.841. The van der Waals surface area contributed by atoms with Crippen molar-refractivity contribution in [1.82, 2.24) is 10.6 Å². The van der Waals surface area contributed by atoms with Gasteiger partial charge < -0.3 is 24.8 Å². The van der Waals surface area contributed by atoms with Crippen LogP contribution in [0.5, 0.6) is 0 Å². The van der Waals surface area contributed by atoms with Gasteiger partial charge in [0.1, 0.15) is 17.2 Å². The number of hydrogen-bond donors (Lipinski definition) is 2. The fourth-order valence-corrected chi connectivity index (χ4v) is 4.27. The topological polar surface area (TPSA) is 103 Å². The molecule has 1 atom stereocenters. The average Bonchev–Trinajstić information content (AvgIpc) is 2.47. The molecule has 10 heteroatoms. The Morgan fingerprint density at radius 3 is 1.86 bits per heavy atom. The van der Waals surface area contributed by atoms with E-state index in [1.54, 1.807) is 41.5 Å². The van der Waals surface area contributed by atoms with Crippen LogP contribution in [-0.4, -0.2) is 59.6 Å². The van der Waals surface area contributed by atoms with Gasteiger partial charge in [0.2, 0.25) is 0 Å². The van der Waals surface area contributed by atoms with E-state index in [4.69, 9.17) is 14.2 Å². The molecule has 0 saturated heterocycles. The van der Waals surface area contributed by atoms with E-state index in [0.29, 0.717) is 6.54 Å².